The zero-order valence-electron chi connectivity index (χ0n) is 21.7. The van der Waals surface area contributed by atoms with Gasteiger partial charge in [-0.25, -0.2) is 0 Å². The lowest BCUT2D eigenvalue weighted by molar-refractivity contribution is -0.161. The van der Waals surface area contributed by atoms with Crippen LogP contribution in [-0.2, 0) is 20.3 Å². The van der Waals surface area contributed by atoms with Crippen LogP contribution in [0.1, 0.15) is 59.6 Å². The molecule has 0 aliphatic carbocycles. The van der Waals surface area contributed by atoms with E-state index in [4.69, 9.17) is 27.9 Å². The molecular formula is C28H39Cl2NO3S. The molecule has 7 heteroatoms. The normalized spacial score (nSPS) is 19.4. The highest BCUT2D eigenvalue weighted by Crippen LogP contribution is 2.31. The number of nitrogens with zero attached hydrogens (tertiary/aromatic N) is 1. The highest BCUT2D eigenvalue weighted by atomic mass is 35.5. The van der Waals surface area contributed by atoms with Gasteiger partial charge in [-0.3, -0.25) is 9.00 Å². The van der Waals surface area contributed by atoms with Gasteiger partial charge in [-0.1, -0.05) is 66.5 Å². The van der Waals surface area contributed by atoms with Crippen LogP contribution in [0.25, 0.3) is 0 Å². The maximum Gasteiger partial charge on any atom is 0.252 e. The molecule has 1 amide bonds. The summed E-state index contributed by atoms with van der Waals surface area (Å²) in [6, 6.07) is 16.7. The summed E-state index contributed by atoms with van der Waals surface area (Å²) < 4.78 is 18.1. The molecule has 35 heavy (non-hydrogen) atoms. The van der Waals surface area contributed by atoms with E-state index in [1.54, 1.807) is 13.0 Å². The second kappa shape index (κ2) is 15.5. The van der Waals surface area contributed by atoms with Crippen molar-refractivity contribution in [3.8, 4) is 0 Å². The van der Waals surface area contributed by atoms with E-state index in [-0.39, 0.29) is 22.7 Å². The molecule has 1 aliphatic heterocycles. The van der Waals surface area contributed by atoms with Crippen molar-refractivity contribution in [2.24, 2.45) is 0 Å². The molecule has 2 aromatic carbocycles. The summed E-state index contributed by atoms with van der Waals surface area (Å²) in [6.07, 6.45) is 2.03. The molecule has 194 valence electrons. The molecule has 1 saturated heterocycles. The number of carbonyl (C=O) groups is 1. The number of benzene rings is 2. The smallest absolute Gasteiger partial charge is 0.252 e. The Bertz CT molecular complexity index is 929. The van der Waals surface area contributed by atoms with Crippen molar-refractivity contribution < 1.29 is 13.7 Å². The van der Waals surface area contributed by atoms with Crippen LogP contribution in [0.4, 0.5) is 0 Å². The number of morpholine rings is 1. The van der Waals surface area contributed by atoms with Crippen molar-refractivity contribution >= 4 is 39.9 Å². The van der Waals surface area contributed by atoms with Gasteiger partial charge in [0.05, 0.1) is 12.6 Å². The minimum Gasteiger partial charge on any atom is -0.366 e. The van der Waals surface area contributed by atoms with Gasteiger partial charge in [0.25, 0.3) is 5.91 Å². The molecule has 4 atom stereocenters. The van der Waals surface area contributed by atoms with Gasteiger partial charge in [-0.05, 0) is 70.9 Å². The zero-order valence-corrected chi connectivity index (χ0v) is 24.0. The van der Waals surface area contributed by atoms with Crippen molar-refractivity contribution in [3.63, 3.8) is 0 Å². The molecule has 0 bridgehead atoms. The number of amides is 1. The lowest BCUT2D eigenvalue weighted by Crippen LogP contribution is -2.54. The Morgan fingerprint density at radius 2 is 1.63 bits per heavy atom. The van der Waals surface area contributed by atoms with E-state index >= 15 is 0 Å². The third kappa shape index (κ3) is 10.5. The predicted molar refractivity (Wildman–Crippen MR) is 151 cm³/mol. The standard InChI is InChI=1S/C19H28ClNO3S.C6H5Cl.C3H6/c1-6-16(12-25(23)19(3,4)5)21-17(11-24-13(2)18(21)22)14-7-9-15(20)10-8-14;7-6-4-2-1-3-5-6;1-3-2/h7-10,13,16-17H,6,11-12H2,1-5H3;1-5H;3H,1H2,2H3. The van der Waals surface area contributed by atoms with Crippen LogP contribution in [0, 0.1) is 0 Å². The zero-order chi connectivity index (χ0) is 26.6. The van der Waals surface area contributed by atoms with Crippen LogP contribution in [0.15, 0.2) is 67.3 Å². The van der Waals surface area contributed by atoms with E-state index < -0.39 is 16.9 Å². The van der Waals surface area contributed by atoms with E-state index in [9.17, 15) is 9.00 Å². The van der Waals surface area contributed by atoms with Crippen molar-refractivity contribution in [1.29, 1.82) is 0 Å². The summed E-state index contributed by atoms with van der Waals surface area (Å²) in [4.78, 5) is 14.8. The van der Waals surface area contributed by atoms with Gasteiger partial charge in [0, 0.05) is 37.4 Å². The number of carbonyl (C=O) groups excluding carboxylic acids is 1. The number of rotatable bonds is 5. The minimum absolute atomic E-state index is 0.0380. The van der Waals surface area contributed by atoms with E-state index in [2.05, 4.69) is 6.58 Å². The molecule has 2 aromatic rings. The van der Waals surface area contributed by atoms with Crippen molar-refractivity contribution in [1.82, 2.24) is 4.90 Å². The minimum atomic E-state index is -1.03. The van der Waals surface area contributed by atoms with E-state index in [1.807, 2.05) is 94.1 Å². The third-order valence-corrected chi connectivity index (χ3v) is 7.88. The molecule has 0 radical (unpaired) electrons. The second-order valence-electron chi connectivity index (χ2n) is 9.18. The number of ether oxygens (including phenoxy) is 1. The van der Waals surface area contributed by atoms with Crippen LogP contribution in [0.5, 0.6) is 0 Å². The van der Waals surface area contributed by atoms with Crippen LogP contribution in [0.2, 0.25) is 10.0 Å². The van der Waals surface area contributed by atoms with Gasteiger partial charge < -0.3 is 9.64 Å². The van der Waals surface area contributed by atoms with Gasteiger partial charge in [0.2, 0.25) is 0 Å². The maximum absolute atomic E-state index is 12.9. The molecule has 0 aromatic heterocycles. The summed E-state index contributed by atoms with van der Waals surface area (Å²) in [5.41, 5.74) is 0.990. The Hall–Kier alpha value is -1.66. The SMILES string of the molecule is C=CC.CCC(CS(=O)C(C)(C)C)N1C(=O)C(C)OCC1c1ccc(Cl)cc1.Clc1ccccc1. The Kier molecular flexibility index (Phi) is 13.8. The maximum atomic E-state index is 12.9. The highest BCUT2D eigenvalue weighted by molar-refractivity contribution is 7.86. The lowest BCUT2D eigenvalue weighted by atomic mass is 10.0. The first-order valence-electron chi connectivity index (χ1n) is 11.8. The molecule has 1 heterocycles. The van der Waals surface area contributed by atoms with Crippen LogP contribution in [-0.4, -0.2) is 44.3 Å². The summed E-state index contributed by atoms with van der Waals surface area (Å²) in [5.74, 6) is 0.437. The van der Waals surface area contributed by atoms with Gasteiger partial charge in [-0.15, -0.1) is 6.58 Å². The molecule has 0 N–H and O–H groups in total. The van der Waals surface area contributed by atoms with Crippen molar-refractivity contribution in [3.05, 3.63) is 82.9 Å². The average molecular weight is 541 g/mol. The molecule has 4 nitrogen and oxygen atoms in total. The van der Waals surface area contributed by atoms with E-state index in [0.717, 1.165) is 17.0 Å². The number of halogens is 2. The van der Waals surface area contributed by atoms with Crippen molar-refractivity contribution in [2.75, 3.05) is 12.4 Å². The molecule has 0 saturated carbocycles. The first-order valence-corrected chi connectivity index (χ1v) is 13.9. The van der Waals surface area contributed by atoms with Gasteiger partial charge >= 0.3 is 0 Å². The van der Waals surface area contributed by atoms with E-state index in [0.29, 0.717) is 17.4 Å². The molecule has 4 unspecified atom stereocenters. The van der Waals surface area contributed by atoms with Gasteiger partial charge in [0.1, 0.15) is 6.10 Å². The quantitative estimate of drug-likeness (QED) is 0.369. The first kappa shape index (κ1) is 31.4. The average Bonchev–Trinajstić information content (AvgIpc) is 2.81. The molecule has 1 aliphatic rings. The van der Waals surface area contributed by atoms with Crippen molar-refractivity contribution in [2.45, 2.75) is 70.9 Å². The Labute approximate surface area is 224 Å². The topological polar surface area (TPSA) is 46.6 Å². The largest absolute Gasteiger partial charge is 0.366 e. The summed E-state index contributed by atoms with van der Waals surface area (Å²) in [6.45, 7) is 15.4. The number of hydrogen-bond acceptors (Lipinski definition) is 3. The fraction of sp³-hybridized carbons (Fsp3) is 0.464. The molecule has 1 fully saturated rings. The fourth-order valence-electron chi connectivity index (χ4n) is 3.36. The third-order valence-electron chi connectivity index (χ3n) is 5.32. The molecular weight excluding hydrogens is 501 g/mol. The summed E-state index contributed by atoms with van der Waals surface area (Å²) in [5, 5.41) is 1.45. The number of allylic oxidation sites excluding steroid dienone is 1. The van der Waals surface area contributed by atoms with Gasteiger partial charge in [0.15, 0.2) is 0 Å². The van der Waals surface area contributed by atoms with Crippen LogP contribution < -0.4 is 0 Å². The second-order valence-corrected chi connectivity index (χ2v) is 12.3. The summed E-state index contributed by atoms with van der Waals surface area (Å²) >= 11 is 11.5. The predicted octanol–water partition coefficient (Wildman–Crippen LogP) is 7.49. The van der Waals surface area contributed by atoms with Gasteiger partial charge in [-0.2, -0.15) is 0 Å². The monoisotopic (exact) mass is 539 g/mol. The lowest BCUT2D eigenvalue weighted by Gasteiger charge is -2.43. The molecule has 0 spiro atoms. The Morgan fingerprint density at radius 3 is 2.06 bits per heavy atom. The van der Waals surface area contributed by atoms with Crippen LogP contribution >= 0.6 is 23.2 Å². The summed E-state index contributed by atoms with van der Waals surface area (Å²) in [7, 11) is -1.03. The Morgan fingerprint density at radius 1 is 1.11 bits per heavy atom. The molecule has 3 rings (SSSR count). The Balaban J connectivity index is 0.000000510. The van der Waals surface area contributed by atoms with Crippen LogP contribution in [0.3, 0.4) is 0 Å². The first-order chi connectivity index (χ1) is 16.5. The van der Waals surface area contributed by atoms with E-state index in [1.165, 1.54) is 0 Å². The fourth-order valence-corrected chi connectivity index (χ4v) is 4.88. The highest BCUT2D eigenvalue weighted by Gasteiger charge is 2.39. The number of hydrogen-bond donors (Lipinski definition) is 0.